The van der Waals surface area contributed by atoms with Gasteiger partial charge >= 0.3 is 0 Å². The molecule has 0 saturated carbocycles. The van der Waals surface area contributed by atoms with E-state index in [1.54, 1.807) is 6.20 Å². The van der Waals surface area contributed by atoms with Crippen molar-refractivity contribution in [1.29, 1.82) is 0 Å². The van der Waals surface area contributed by atoms with Crippen LogP contribution in [0.15, 0.2) is 60.8 Å². The lowest BCUT2D eigenvalue weighted by molar-refractivity contribution is 0.876. The minimum atomic E-state index is 0.648. The lowest BCUT2D eigenvalue weighted by atomic mass is 10.2. The van der Waals surface area contributed by atoms with E-state index in [1.807, 2.05) is 48.3 Å². The highest BCUT2D eigenvalue weighted by Crippen LogP contribution is 2.32. The van der Waals surface area contributed by atoms with Gasteiger partial charge in [0, 0.05) is 25.0 Å². The lowest BCUT2D eigenvalue weighted by Crippen LogP contribution is -2.19. The first-order chi connectivity index (χ1) is 11.3. The number of hydrogen-bond donors (Lipinski definition) is 0. The molecule has 114 valence electrons. The van der Waals surface area contributed by atoms with Gasteiger partial charge in [0.2, 0.25) is 0 Å². The fourth-order valence-electron chi connectivity index (χ4n) is 2.89. The summed E-state index contributed by atoms with van der Waals surface area (Å²) in [6.45, 7) is 0.888. The fourth-order valence-corrected chi connectivity index (χ4v) is 2.89. The zero-order chi connectivity index (χ0) is 15.6. The molecule has 5 heteroatoms. The summed E-state index contributed by atoms with van der Waals surface area (Å²) in [4.78, 5) is 8.85. The fraction of sp³-hybridized carbons (Fsp3) is 0.167. The Morgan fingerprint density at radius 3 is 2.65 bits per heavy atom. The molecule has 0 radical (unpaired) electrons. The van der Waals surface area contributed by atoms with Crippen molar-refractivity contribution in [2.75, 3.05) is 23.4 Å². The molecule has 5 nitrogen and oxygen atoms in total. The summed E-state index contributed by atoms with van der Waals surface area (Å²) in [5.41, 5.74) is 3.58. The van der Waals surface area contributed by atoms with Crippen LogP contribution in [0.5, 0.6) is 0 Å². The minimum Gasteiger partial charge on any atom is -0.328 e. The van der Waals surface area contributed by atoms with Crippen LogP contribution in [-0.2, 0) is 6.42 Å². The molecule has 2 aromatic carbocycles. The predicted octanol–water partition coefficient (Wildman–Crippen LogP) is 3.33. The number of nitrogens with zero attached hydrogens (tertiary/aromatic N) is 5. The zero-order valence-electron chi connectivity index (χ0n) is 12.9. The SMILES string of the molecule is CN(c1ccccc1)c1cnnc(N2CCc3ccccc32)n1. The van der Waals surface area contributed by atoms with Crippen molar-refractivity contribution in [1.82, 2.24) is 15.2 Å². The summed E-state index contributed by atoms with van der Waals surface area (Å²) in [7, 11) is 1.99. The van der Waals surface area contributed by atoms with Gasteiger partial charge in [-0.1, -0.05) is 36.4 Å². The maximum atomic E-state index is 4.71. The summed E-state index contributed by atoms with van der Waals surface area (Å²) in [5.74, 6) is 1.43. The number of benzene rings is 2. The average molecular weight is 303 g/mol. The van der Waals surface area contributed by atoms with Crippen molar-refractivity contribution < 1.29 is 0 Å². The molecule has 0 N–H and O–H groups in total. The molecule has 0 atom stereocenters. The molecule has 4 rings (SSSR count). The molecule has 1 aliphatic heterocycles. The second-order valence-electron chi connectivity index (χ2n) is 5.54. The summed E-state index contributed by atoms with van der Waals surface area (Å²) in [6, 6.07) is 18.5. The van der Waals surface area contributed by atoms with E-state index in [-0.39, 0.29) is 0 Å². The van der Waals surface area contributed by atoms with E-state index in [4.69, 9.17) is 4.98 Å². The molecule has 23 heavy (non-hydrogen) atoms. The number of anilines is 4. The Kier molecular flexibility index (Phi) is 3.38. The molecule has 0 bridgehead atoms. The number of hydrogen-bond acceptors (Lipinski definition) is 5. The van der Waals surface area contributed by atoms with Crippen LogP contribution in [-0.4, -0.2) is 28.8 Å². The van der Waals surface area contributed by atoms with Crippen LogP contribution >= 0.6 is 0 Å². The van der Waals surface area contributed by atoms with E-state index in [0.29, 0.717) is 5.95 Å². The molecule has 0 fully saturated rings. The van der Waals surface area contributed by atoms with Crippen molar-refractivity contribution >= 4 is 23.1 Å². The van der Waals surface area contributed by atoms with Gasteiger partial charge in [-0.05, 0) is 30.2 Å². The van der Waals surface area contributed by atoms with E-state index >= 15 is 0 Å². The Morgan fingerprint density at radius 2 is 1.78 bits per heavy atom. The van der Waals surface area contributed by atoms with Gasteiger partial charge in [0.1, 0.15) is 0 Å². The van der Waals surface area contributed by atoms with E-state index in [1.165, 1.54) is 11.3 Å². The van der Waals surface area contributed by atoms with Gasteiger partial charge in [0.25, 0.3) is 5.95 Å². The second kappa shape index (κ2) is 5.68. The summed E-state index contributed by atoms with van der Waals surface area (Å²) < 4.78 is 0. The normalized spacial score (nSPS) is 13.0. The van der Waals surface area contributed by atoms with Gasteiger partial charge in [0.15, 0.2) is 5.82 Å². The lowest BCUT2D eigenvalue weighted by Gasteiger charge is -2.21. The minimum absolute atomic E-state index is 0.648. The van der Waals surface area contributed by atoms with E-state index < -0.39 is 0 Å². The Morgan fingerprint density at radius 1 is 1.00 bits per heavy atom. The Bertz CT molecular complexity index is 818. The van der Waals surface area contributed by atoms with Gasteiger partial charge in [-0.2, -0.15) is 10.1 Å². The number of para-hydroxylation sites is 2. The molecule has 0 amide bonds. The van der Waals surface area contributed by atoms with Crippen LogP contribution in [0.1, 0.15) is 5.56 Å². The topological polar surface area (TPSA) is 45.2 Å². The number of fused-ring (bicyclic) bond motifs is 1. The molecule has 1 aromatic heterocycles. The second-order valence-corrected chi connectivity index (χ2v) is 5.54. The van der Waals surface area contributed by atoms with Gasteiger partial charge in [0.05, 0.1) is 6.20 Å². The van der Waals surface area contributed by atoms with Crippen LogP contribution < -0.4 is 9.80 Å². The van der Waals surface area contributed by atoms with Crippen molar-refractivity contribution in [2.45, 2.75) is 6.42 Å². The first-order valence-corrected chi connectivity index (χ1v) is 7.67. The van der Waals surface area contributed by atoms with Crippen LogP contribution in [0.2, 0.25) is 0 Å². The highest BCUT2D eigenvalue weighted by Gasteiger charge is 2.22. The highest BCUT2D eigenvalue weighted by molar-refractivity contribution is 5.67. The van der Waals surface area contributed by atoms with Crippen LogP contribution in [0.25, 0.3) is 0 Å². The first-order valence-electron chi connectivity index (χ1n) is 7.67. The van der Waals surface area contributed by atoms with Crippen LogP contribution in [0.4, 0.5) is 23.1 Å². The number of aromatic nitrogens is 3. The Balaban J connectivity index is 1.68. The molecule has 3 aromatic rings. The third-order valence-corrected chi connectivity index (χ3v) is 4.15. The van der Waals surface area contributed by atoms with E-state index in [9.17, 15) is 0 Å². The van der Waals surface area contributed by atoms with Gasteiger partial charge < -0.3 is 9.80 Å². The largest absolute Gasteiger partial charge is 0.328 e. The summed E-state index contributed by atoms with van der Waals surface area (Å²) in [5, 5.41) is 8.39. The molecular formula is C18H17N5. The van der Waals surface area contributed by atoms with Gasteiger partial charge in [-0.3, -0.25) is 0 Å². The molecule has 2 heterocycles. The molecule has 0 unspecified atom stereocenters. The smallest absolute Gasteiger partial charge is 0.251 e. The Labute approximate surface area is 135 Å². The molecular weight excluding hydrogens is 286 g/mol. The average Bonchev–Trinajstić information content (AvgIpc) is 3.06. The van der Waals surface area contributed by atoms with Crippen molar-refractivity contribution in [3.63, 3.8) is 0 Å². The van der Waals surface area contributed by atoms with Crippen LogP contribution in [0.3, 0.4) is 0 Å². The molecule has 0 saturated heterocycles. The molecule has 1 aliphatic rings. The number of rotatable bonds is 3. The quantitative estimate of drug-likeness (QED) is 0.742. The summed E-state index contributed by atoms with van der Waals surface area (Å²) in [6.07, 6.45) is 2.71. The Hall–Kier alpha value is -2.95. The maximum Gasteiger partial charge on any atom is 0.251 e. The third-order valence-electron chi connectivity index (χ3n) is 4.15. The van der Waals surface area contributed by atoms with Crippen molar-refractivity contribution in [2.24, 2.45) is 0 Å². The molecule has 0 aliphatic carbocycles. The predicted molar refractivity (Wildman–Crippen MR) is 91.5 cm³/mol. The van der Waals surface area contributed by atoms with Crippen LogP contribution in [0, 0.1) is 0 Å². The van der Waals surface area contributed by atoms with E-state index in [2.05, 4.69) is 33.3 Å². The van der Waals surface area contributed by atoms with Gasteiger partial charge in [-0.25, -0.2) is 0 Å². The molecule has 0 spiro atoms. The summed E-state index contributed by atoms with van der Waals surface area (Å²) >= 11 is 0. The zero-order valence-corrected chi connectivity index (χ0v) is 12.9. The van der Waals surface area contributed by atoms with E-state index in [0.717, 1.165) is 24.5 Å². The maximum absolute atomic E-state index is 4.71. The standard InChI is InChI=1S/C18H17N5/c1-22(15-8-3-2-4-9-15)17-13-19-21-18(20-17)23-12-11-14-7-5-6-10-16(14)23/h2-10,13H,11-12H2,1H3. The van der Waals surface area contributed by atoms with Crippen molar-refractivity contribution in [3.8, 4) is 0 Å². The highest BCUT2D eigenvalue weighted by atomic mass is 15.4. The monoisotopic (exact) mass is 303 g/mol. The first kappa shape index (κ1) is 13.7. The van der Waals surface area contributed by atoms with Gasteiger partial charge in [-0.15, -0.1) is 5.10 Å². The van der Waals surface area contributed by atoms with Crippen molar-refractivity contribution in [3.05, 3.63) is 66.4 Å². The third kappa shape index (κ3) is 2.50.